The zero-order chi connectivity index (χ0) is 22.2. The lowest BCUT2D eigenvalue weighted by molar-refractivity contribution is -0.122. The van der Waals surface area contributed by atoms with Crippen molar-refractivity contribution in [2.45, 2.75) is 45.4 Å². The van der Waals surface area contributed by atoms with Crippen molar-refractivity contribution in [1.82, 2.24) is 10.2 Å². The number of benzene rings is 2. The molecule has 168 valence electrons. The van der Waals surface area contributed by atoms with Gasteiger partial charge in [0.05, 0.1) is 5.69 Å². The van der Waals surface area contributed by atoms with Gasteiger partial charge in [0.25, 0.3) is 11.8 Å². The highest BCUT2D eigenvalue weighted by Gasteiger charge is 2.26. The van der Waals surface area contributed by atoms with Crippen molar-refractivity contribution in [1.29, 1.82) is 0 Å². The van der Waals surface area contributed by atoms with Crippen LogP contribution in [0.4, 0.5) is 11.4 Å². The van der Waals surface area contributed by atoms with E-state index in [4.69, 9.17) is 4.74 Å². The predicted molar refractivity (Wildman–Crippen MR) is 124 cm³/mol. The van der Waals surface area contributed by atoms with Gasteiger partial charge in [-0.2, -0.15) is 0 Å². The fraction of sp³-hybridized carbons (Fsp3) is 0.440. The summed E-state index contributed by atoms with van der Waals surface area (Å²) in [6.07, 6.45) is 1.74. The first-order valence-corrected chi connectivity index (χ1v) is 11.5. The summed E-state index contributed by atoms with van der Waals surface area (Å²) in [6, 6.07) is 12.5. The normalized spacial score (nSPS) is 20.9. The van der Waals surface area contributed by atoms with Crippen LogP contribution in [0.1, 0.15) is 41.3 Å². The van der Waals surface area contributed by atoms with Gasteiger partial charge in [-0.05, 0) is 68.1 Å². The van der Waals surface area contributed by atoms with Gasteiger partial charge in [-0.15, -0.1) is 0 Å². The number of nitrogens with zero attached hydrogens (tertiary/aromatic N) is 2. The molecule has 1 aliphatic carbocycles. The van der Waals surface area contributed by atoms with Crippen LogP contribution in [0.25, 0.3) is 0 Å². The van der Waals surface area contributed by atoms with E-state index in [1.165, 1.54) is 5.56 Å². The van der Waals surface area contributed by atoms with Crippen LogP contribution in [-0.2, 0) is 11.3 Å². The summed E-state index contributed by atoms with van der Waals surface area (Å²) in [6.45, 7) is 8.43. The average Bonchev–Trinajstić information content (AvgIpc) is 3.60. The quantitative estimate of drug-likeness (QED) is 0.757. The van der Waals surface area contributed by atoms with E-state index < -0.39 is 6.10 Å². The van der Waals surface area contributed by atoms with E-state index in [-0.39, 0.29) is 11.8 Å². The van der Waals surface area contributed by atoms with E-state index in [0.717, 1.165) is 73.8 Å². The number of carbonyl (C=O) groups is 2. The van der Waals surface area contributed by atoms with Crippen molar-refractivity contribution in [2.75, 3.05) is 36.4 Å². The highest BCUT2D eigenvalue weighted by atomic mass is 16.5. The van der Waals surface area contributed by atoms with Crippen LogP contribution in [-0.4, -0.2) is 55.0 Å². The Kier molecular flexibility index (Phi) is 5.51. The van der Waals surface area contributed by atoms with Crippen LogP contribution in [0, 0.1) is 6.92 Å². The maximum Gasteiger partial charge on any atom is 0.265 e. The summed E-state index contributed by atoms with van der Waals surface area (Å²) in [5, 5.41) is 6.00. The zero-order valence-corrected chi connectivity index (χ0v) is 18.7. The van der Waals surface area contributed by atoms with Crippen molar-refractivity contribution in [3.8, 4) is 5.75 Å². The number of fused-ring (bicyclic) bond motifs is 1. The van der Waals surface area contributed by atoms with Crippen LogP contribution >= 0.6 is 0 Å². The van der Waals surface area contributed by atoms with Gasteiger partial charge >= 0.3 is 0 Å². The summed E-state index contributed by atoms with van der Waals surface area (Å²) in [7, 11) is 0. The van der Waals surface area contributed by atoms with Crippen LogP contribution in [0.15, 0.2) is 36.4 Å². The second-order valence-corrected chi connectivity index (χ2v) is 9.10. The van der Waals surface area contributed by atoms with Crippen LogP contribution in [0.2, 0.25) is 0 Å². The average molecular weight is 435 g/mol. The Morgan fingerprint density at radius 1 is 1.12 bits per heavy atom. The summed E-state index contributed by atoms with van der Waals surface area (Å²) in [4.78, 5) is 29.0. The fourth-order valence-electron chi connectivity index (χ4n) is 4.40. The largest absolute Gasteiger partial charge is 0.478 e. The van der Waals surface area contributed by atoms with Crippen molar-refractivity contribution in [2.24, 2.45) is 0 Å². The van der Waals surface area contributed by atoms with E-state index in [1.54, 1.807) is 6.92 Å². The highest BCUT2D eigenvalue weighted by molar-refractivity contribution is 5.98. The summed E-state index contributed by atoms with van der Waals surface area (Å²) in [5.74, 6) is 0.707. The molecule has 7 nitrogen and oxygen atoms in total. The number of rotatable bonds is 5. The summed E-state index contributed by atoms with van der Waals surface area (Å²) < 4.78 is 5.77. The summed E-state index contributed by atoms with van der Waals surface area (Å²) >= 11 is 0. The van der Waals surface area contributed by atoms with Gasteiger partial charge in [0.2, 0.25) is 0 Å². The molecule has 32 heavy (non-hydrogen) atoms. The molecule has 3 aliphatic rings. The Morgan fingerprint density at radius 2 is 1.84 bits per heavy atom. The molecule has 2 aromatic rings. The lowest BCUT2D eigenvalue weighted by Crippen LogP contribution is -2.46. The van der Waals surface area contributed by atoms with Crippen molar-refractivity contribution in [3.63, 3.8) is 0 Å². The molecule has 2 N–H and O–H groups in total. The monoisotopic (exact) mass is 434 g/mol. The summed E-state index contributed by atoms with van der Waals surface area (Å²) in [5.41, 5.74) is 4.89. The molecule has 2 aliphatic heterocycles. The molecule has 2 fully saturated rings. The Labute approximate surface area is 188 Å². The maximum atomic E-state index is 12.2. The van der Waals surface area contributed by atoms with E-state index in [1.807, 2.05) is 37.3 Å². The number of hydrogen-bond acceptors (Lipinski definition) is 5. The molecule has 2 heterocycles. The third kappa shape index (κ3) is 4.43. The van der Waals surface area contributed by atoms with Crippen molar-refractivity contribution >= 4 is 23.2 Å². The van der Waals surface area contributed by atoms with Gasteiger partial charge in [0, 0.05) is 50.0 Å². The molecule has 1 unspecified atom stereocenters. The minimum Gasteiger partial charge on any atom is -0.478 e. The maximum absolute atomic E-state index is 12.2. The second-order valence-electron chi connectivity index (χ2n) is 9.10. The van der Waals surface area contributed by atoms with Crippen LogP contribution < -0.4 is 20.3 Å². The predicted octanol–water partition coefficient (Wildman–Crippen LogP) is 2.93. The van der Waals surface area contributed by atoms with Gasteiger partial charge in [-0.1, -0.05) is 6.07 Å². The molecular weight excluding hydrogens is 404 g/mol. The first-order valence-electron chi connectivity index (χ1n) is 11.5. The third-order valence-electron chi connectivity index (χ3n) is 6.44. The van der Waals surface area contributed by atoms with Crippen LogP contribution in [0.5, 0.6) is 5.75 Å². The zero-order valence-electron chi connectivity index (χ0n) is 18.7. The number of ether oxygens (including phenoxy) is 1. The molecule has 0 spiro atoms. The Balaban J connectivity index is 1.17. The van der Waals surface area contributed by atoms with Gasteiger partial charge in [0.1, 0.15) is 5.75 Å². The minimum absolute atomic E-state index is 0.0280. The highest BCUT2D eigenvalue weighted by Crippen LogP contribution is 2.34. The molecule has 1 saturated carbocycles. The number of carbonyl (C=O) groups excluding carboxylic acids is 2. The first-order chi connectivity index (χ1) is 15.5. The molecule has 5 rings (SSSR count). The van der Waals surface area contributed by atoms with E-state index in [2.05, 4.69) is 26.5 Å². The van der Waals surface area contributed by atoms with Gasteiger partial charge in [-0.25, -0.2) is 0 Å². The smallest absolute Gasteiger partial charge is 0.265 e. The fourth-order valence-corrected chi connectivity index (χ4v) is 4.40. The van der Waals surface area contributed by atoms with Crippen molar-refractivity contribution < 1.29 is 14.3 Å². The van der Waals surface area contributed by atoms with Crippen LogP contribution in [0.3, 0.4) is 0 Å². The standard InChI is InChI=1S/C25H30N4O3/c1-16-13-18(14-22-23(16)32-17(2)24(30)27-22)15-28-9-11-29(12-10-28)21-7-3-19(4-8-21)25(31)26-20-5-6-20/h3-4,7-8,13-14,17,20H,5-6,9-12,15H2,1-2H3,(H,26,31)(H,27,30). The topological polar surface area (TPSA) is 73.9 Å². The number of anilines is 2. The van der Waals surface area contributed by atoms with E-state index in [0.29, 0.717) is 6.04 Å². The number of hydrogen-bond donors (Lipinski definition) is 2. The number of piperazine rings is 1. The van der Waals surface area contributed by atoms with Gasteiger partial charge in [-0.3, -0.25) is 14.5 Å². The SMILES string of the molecule is Cc1cc(CN2CCN(c3ccc(C(=O)NC4CC4)cc3)CC2)cc2c1OC(C)C(=O)N2. The second kappa shape index (κ2) is 8.47. The molecule has 1 saturated heterocycles. The van der Waals surface area contributed by atoms with Gasteiger partial charge in [0.15, 0.2) is 6.10 Å². The molecule has 0 radical (unpaired) electrons. The molecule has 0 aromatic heterocycles. The lowest BCUT2D eigenvalue weighted by atomic mass is 10.1. The van der Waals surface area contributed by atoms with E-state index >= 15 is 0 Å². The third-order valence-corrected chi connectivity index (χ3v) is 6.44. The van der Waals surface area contributed by atoms with E-state index in [9.17, 15) is 9.59 Å². The van der Waals surface area contributed by atoms with Crippen molar-refractivity contribution in [3.05, 3.63) is 53.1 Å². The molecule has 2 amide bonds. The molecular formula is C25H30N4O3. The molecule has 0 bridgehead atoms. The van der Waals surface area contributed by atoms with Gasteiger partial charge < -0.3 is 20.3 Å². The Morgan fingerprint density at radius 3 is 2.53 bits per heavy atom. The Hall–Kier alpha value is -3.06. The number of amides is 2. The minimum atomic E-state index is -0.457. The number of aryl methyl sites for hydroxylation is 1. The number of nitrogens with one attached hydrogen (secondary N) is 2. The first kappa shape index (κ1) is 20.8. The molecule has 2 aromatic carbocycles. The molecule has 1 atom stereocenters. The lowest BCUT2D eigenvalue weighted by Gasteiger charge is -2.36. The molecule has 7 heteroatoms. The Bertz CT molecular complexity index is 1020.